The average Bonchev–Trinajstić information content (AvgIpc) is 2.47. The van der Waals surface area contributed by atoms with Gasteiger partial charge in [0.25, 0.3) is 0 Å². The van der Waals surface area contributed by atoms with E-state index in [9.17, 15) is 4.39 Å². The van der Waals surface area contributed by atoms with E-state index in [1.165, 1.54) is 12.1 Å². The van der Waals surface area contributed by atoms with Crippen LogP contribution in [0.5, 0.6) is 5.75 Å². The van der Waals surface area contributed by atoms with Gasteiger partial charge in [-0.2, -0.15) is 0 Å². The fourth-order valence-corrected chi connectivity index (χ4v) is 2.16. The number of rotatable bonds is 2. The molecule has 0 aliphatic carbocycles. The number of nitrogens with zero attached hydrogens (tertiary/aromatic N) is 2. The van der Waals surface area contributed by atoms with Gasteiger partial charge in [0.05, 0.1) is 12.6 Å². The normalized spacial score (nSPS) is 10.8. The lowest BCUT2D eigenvalue weighted by Crippen LogP contribution is -1.93. The van der Waals surface area contributed by atoms with Gasteiger partial charge in [0, 0.05) is 10.9 Å². The van der Waals surface area contributed by atoms with E-state index < -0.39 is 0 Å². The summed E-state index contributed by atoms with van der Waals surface area (Å²) in [6.45, 7) is 0. The van der Waals surface area contributed by atoms with Gasteiger partial charge < -0.3 is 4.74 Å². The van der Waals surface area contributed by atoms with E-state index in [4.69, 9.17) is 16.3 Å². The molecule has 0 aliphatic heterocycles. The lowest BCUT2D eigenvalue weighted by atomic mass is 10.2. The molecule has 0 N–H and O–H groups in total. The first-order valence-electron chi connectivity index (χ1n) is 5.94. The van der Waals surface area contributed by atoms with Gasteiger partial charge in [-0.15, -0.1) is 0 Å². The second-order valence-corrected chi connectivity index (χ2v) is 4.59. The highest BCUT2D eigenvalue weighted by molar-refractivity contribution is 6.34. The predicted molar refractivity (Wildman–Crippen MR) is 76.5 cm³/mol. The zero-order valence-corrected chi connectivity index (χ0v) is 11.4. The lowest BCUT2D eigenvalue weighted by Gasteiger charge is -2.06. The molecule has 100 valence electrons. The molecule has 0 atom stereocenters. The number of fused-ring (bicyclic) bond motifs is 1. The van der Waals surface area contributed by atoms with E-state index in [2.05, 4.69) is 9.97 Å². The molecule has 1 aromatic heterocycles. The summed E-state index contributed by atoms with van der Waals surface area (Å²) < 4.78 is 18.1. The predicted octanol–water partition coefficient (Wildman–Crippen LogP) is 4.10. The van der Waals surface area contributed by atoms with E-state index >= 15 is 0 Å². The standard InChI is InChI=1S/C15H10ClFN2O/c1-20-11-6-7-13-12(8-11)14(16)19-15(18-13)9-2-4-10(17)5-3-9/h2-8H,1H3. The molecule has 0 amide bonds. The number of hydrogen-bond acceptors (Lipinski definition) is 3. The second kappa shape index (κ2) is 5.06. The fourth-order valence-electron chi connectivity index (χ4n) is 1.93. The van der Waals surface area contributed by atoms with Gasteiger partial charge in [-0.1, -0.05) is 11.6 Å². The maximum atomic E-state index is 12.9. The Labute approximate surface area is 120 Å². The zero-order chi connectivity index (χ0) is 14.1. The largest absolute Gasteiger partial charge is 0.497 e. The van der Waals surface area contributed by atoms with Crippen LogP contribution >= 0.6 is 11.6 Å². The van der Waals surface area contributed by atoms with Crippen molar-refractivity contribution in [3.8, 4) is 17.1 Å². The number of ether oxygens (including phenoxy) is 1. The Morgan fingerprint density at radius 2 is 1.80 bits per heavy atom. The Kier molecular flexibility index (Phi) is 3.24. The van der Waals surface area contributed by atoms with E-state index in [0.717, 1.165) is 5.39 Å². The third-order valence-corrected chi connectivity index (χ3v) is 3.25. The minimum atomic E-state index is -0.301. The molecule has 5 heteroatoms. The molecule has 0 saturated heterocycles. The third-order valence-electron chi connectivity index (χ3n) is 2.96. The molecule has 0 bridgehead atoms. The number of hydrogen-bond donors (Lipinski definition) is 0. The summed E-state index contributed by atoms with van der Waals surface area (Å²) in [7, 11) is 1.59. The molecule has 3 aromatic rings. The summed E-state index contributed by atoms with van der Waals surface area (Å²) in [6, 6.07) is 11.4. The first-order chi connectivity index (χ1) is 9.67. The summed E-state index contributed by atoms with van der Waals surface area (Å²) in [5.74, 6) is 0.857. The van der Waals surface area contributed by atoms with Crippen LogP contribution in [0.15, 0.2) is 42.5 Å². The van der Waals surface area contributed by atoms with Gasteiger partial charge in [-0.3, -0.25) is 0 Å². The lowest BCUT2D eigenvalue weighted by molar-refractivity contribution is 0.415. The van der Waals surface area contributed by atoms with Gasteiger partial charge >= 0.3 is 0 Å². The smallest absolute Gasteiger partial charge is 0.161 e. The van der Waals surface area contributed by atoms with Crippen LogP contribution in [0.4, 0.5) is 4.39 Å². The molecular weight excluding hydrogens is 279 g/mol. The van der Waals surface area contributed by atoms with Gasteiger partial charge in [-0.05, 0) is 42.5 Å². The Morgan fingerprint density at radius 3 is 2.50 bits per heavy atom. The highest BCUT2D eigenvalue weighted by Gasteiger charge is 2.09. The number of halogens is 2. The number of methoxy groups -OCH3 is 1. The second-order valence-electron chi connectivity index (χ2n) is 4.23. The minimum Gasteiger partial charge on any atom is -0.497 e. The van der Waals surface area contributed by atoms with Crippen molar-refractivity contribution in [3.63, 3.8) is 0 Å². The van der Waals surface area contributed by atoms with E-state index in [1.54, 1.807) is 31.4 Å². The maximum absolute atomic E-state index is 12.9. The van der Waals surface area contributed by atoms with E-state index in [1.807, 2.05) is 6.07 Å². The van der Waals surface area contributed by atoms with Crippen LogP contribution in [0, 0.1) is 5.82 Å². The van der Waals surface area contributed by atoms with Crippen LogP contribution in [-0.2, 0) is 0 Å². The molecule has 0 saturated carbocycles. The fraction of sp³-hybridized carbons (Fsp3) is 0.0667. The summed E-state index contributed by atoms with van der Waals surface area (Å²) in [4.78, 5) is 8.69. The molecule has 0 fully saturated rings. The van der Waals surface area contributed by atoms with Crippen molar-refractivity contribution in [1.29, 1.82) is 0 Å². The van der Waals surface area contributed by atoms with E-state index in [-0.39, 0.29) is 5.82 Å². The molecule has 0 unspecified atom stereocenters. The van der Waals surface area contributed by atoms with Crippen LogP contribution in [0.3, 0.4) is 0 Å². The van der Waals surface area contributed by atoms with Crippen molar-refractivity contribution < 1.29 is 9.13 Å². The summed E-state index contributed by atoms with van der Waals surface area (Å²) in [5, 5.41) is 1.06. The van der Waals surface area contributed by atoms with Crippen LogP contribution < -0.4 is 4.74 Å². The molecule has 0 spiro atoms. The van der Waals surface area contributed by atoms with Crippen molar-refractivity contribution in [3.05, 3.63) is 53.4 Å². The maximum Gasteiger partial charge on any atom is 0.161 e. The van der Waals surface area contributed by atoms with Crippen molar-refractivity contribution >= 4 is 22.5 Å². The SMILES string of the molecule is COc1ccc2nc(-c3ccc(F)cc3)nc(Cl)c2c1. The molecule has 1 heterocycles. The first-order valence-corrected chi connectivity index (χ1v) is 6.32. The topological polar surface area (TPSA) is 35.0 Å². The van der Waals surface area contributed by atoms with Gasteiger partial charge in [0.1, 0.15) is 16.7 Å². The summed E-state index contributed by atoms with van der Waals surface area (Å²) in [6.07, 6.45) is 0. The summed E-state index contributed by atoms with van der Waals surface area (Å²) >= 11 is 6.19. The highest BCUT2D eigenvalue weighted by Crippen LogP contribution is 2.27. The van der Waals surface area contributed by atoms with Crippen molar-refractivity contribution in [1.82, 2.24) is 9.97 Å². The molecule has 20 heavy (non-hydrogen) atoms. The monoisotopic (exact) mass is 288 g/mol. The Balaban J connectivity index is 2.17. The Morgan fingerprint density at radius 1 is 1.05 bits per heavy atom. The molecule has 0 radical (unpaired) electrons. The molecule has 3 rings (SSSR count). The highest BCUT2D eigenvalue weighted by atomic mass is 35.5. The van der Waals surface area contributed by atoms with Crippen LogP contribution in [-0.4, -0.2) is 17.1 Å². The van der Waals surface area contributed by atoms with Crippen molar-refractivity contribution in [2.45, 2.75) is 0 Å². The van der Waals surface area contributed by atoms with Crippen LogP contribution in [0.25, 0.3) is 22.3 Å². The van der Waals surface area contributed by atoms with Crippen LogP contribution in [0.1, 0.15) is 0 Å². The molecule has 0 aliphatic rings. The van der Waals surface area contributed by atoms with Gasteiger partial charge in [0.2, 0.25) is 0 Å². The molecule has 2 aromatic carbocycles. The Hall–Kier alpha value is -2.20. The minimum absolute atomic E-state index is 0.301. The summed E-state index contributed by atoms with van der Waals surface area (Å²) in [5.41, 5.74) is 1.43. The first kappa shape index (κ1) is 12.8. The van der Waals surface area contributed by atoms with Gasteiger partial charge in [0.15, 0.2) is 5.82 Å². The third kappa shape index (κ3) is 2.30. The molecular formula is C15H10ClFN2O. The average molecular weight is 289 g/mol. The van der Waals surface area contributed by atoms with Crippen LogP contribution in [0.2, 0.25) is 5.15 Å². The zero-order valence-electron chi connectivity index (χ0n) is 10.6. The number of benzene rings is 2. The Bertz CT molecular complexity index is 775. The van der Waals surface area contributed by atoms with Gasteiger partial charge in [-0.25, -0.2) is 14.4 Å². The van der Waals surface area contributed by atoms with Crippen molar-refractivity contribution in [2.24, 2.45) is 0 Å². The van der Waals surface area contributed by atoms with Crippen molar-refractivity contribution in [2.75, 3.05) is 7.11 Å². The quantitative estimate of drug-likeness (QED) is 0.666. The number of aromatic nitrogens is 2. The van der Waals surface area contributed by atoms with E-state index in [0.29, 0.717) is 27.8 Å². The molecule has 3 nitrogen and oxygen atoms in total.